The van der Waals surface area contributed by atoms with Gasteiger partial charge >= 0.3 is 0 Å². The van der Waals surface area contributed by atoms with E-state index in [4.69, 9.17) is 0 Å². The minimum atomic E-state index is -0.571. The Morgan fingerprint density at radius 3 is 2.38 bits per heavy atom. The van der Waals surface area contributed by atoms with E-state index in [9.17, 15) is 13.6 Å². The second kappa shape index (κ2) is 8.86. The van der Waals surface area contributed by atoms with Gasteiger partial charge in [-0.2, -0.15) is 5.10 Å². The van der Waals surface area contributed by atoms with Crippen LogP contribution in [0.4, 0.5) is 14.6 Å². The van der Waals surface area contributed by atoms with Crippen LogP contribution in [0.5, 0.6) is 0 Å². The number of nitrogens with zero attached hydrogens (tertiary/aromatic N) is 6. The van der Waals surface area contributed by atoms with Crippen molar-refractivity contribution < 1.29 is 13.6 Å². The molecule has 166 valence electrons. The molecule has 0 aliphatic carbocycles. The zero-order chi connectivity index (χ0) is 22.8. The summed E-state index contributed by atoms with van der Waals surface area (Å²) >= 11 is 0. The van der Waals surface area contributed by atoms with Crippen molar-refractivity contribution in [2.45, 2.75) is 20.8 Å². The van der Waals surface area contributed by atoms with Gasteiger partial charge in [0.15, 0.2) is 5.82 Å². The molecule has 1 saturated heterocycles. The minimum Gasteiger partial charge on any atom is -0.353 e. The third-order valence-corrected chi connectivity index (χ3v) is 5.32. The summed E-state index contributed by atoms with van der Waals surface area (Å²) in [5.74, 6) is 0.769. The molecule has 4 rings (SSSR count). The number of hydrogen-bond donors (Lipinski definition) is 0. The van der Waals surface area contributed by atoms with Gasteiger partial charge in [-0.3, -0.25) is 4.79 Å². The van der Waals surface area contributed by atoms with E-state index in [0.29, 0.717) is 37.8 Å². The molecule has 0 radical (unpaired) electrons. The lowest BCUT2D eigenvalue weighted by molar-refractivity contribution is -0.126. The summed E-state index contributed by atoms with van der Waals surface area (Å²) in [5.41, 5.74) is 1.95. The first-order valence-electron chi connectivity index (χ1n) is 10.4. The normalized spacial score (nSPS) is 14.4. The molecule has 0 N–H and O–H groups in total. The molecule has 7 nitrogen and oxygen atoms in total. The van der Waals surface area contributed by atoms with Crippen molar-refractivity contribution in [3.63, 3.8) is 0 Å². The summed E-state index contributed by atoms with van der Waals surface area (Å²) in [4.78, 5) is 25.4. The minimum absolute atomic E-state index is 0.0464. The van der Waals surface area contributed by atoms with Gasteiger partial charge in [-0.25, -0.2) is 23.4 Å². The molecule has 3 aromatic rings. The average Bonchev–Trinajstić information content (AvgIpc) is 3.11. The molecule has 0 atom stereocenters. The van der Waals surface area contributed by atoms with Crippen LogP contribution in [0.2, 0.25) is 0 Å². The van der Waals surface area contributed by atoms with Gasteiger partial charge in [-0.05, 0) is 51.1 Å². The number of benzene rings is 1. The molecule has 1 aliphatic heterocycles. The number of carbonyl (C=O) groups excluding carboxylic acids is 1. The lowest BCUT2D eigenvalue weighted by atomic mass is 10.2. The van der Waals surface area contributed by atoms with Crippen LogP contribution in [0.1, 0.15) is 22.8 Å². The summed E-state index contributed by atoms with van der Waals surface area (Å²) in [6.07, 6.45) is 2.59. The number of anilines is 1. The first-order chi connectivity index (χ1) is 15.3. The van der Waals surface area contributed by atoms with Gasteiger partial charge in [0.1, 0.15) is 23.3 Å². The molecule has 0 bridgehead atoms. The van der Waals surface area contributed by atoms with Crippen molar-refractivity contribution in [3.05, 3.63) is 70.8 Å². The van der Waals surface area contributed by atoms with Crippen LogP contribution in [0.3, 0.4) is 0 Å². The molecule has 0 spiro atoms. The predicted molar refractivity (Wildman–Crippen MR) is 118 cm³/mol. The highest BCUT2D eigenvalue weighted by molar-refractivity contribution is 5.92. The Labute approximate surface area is 185 Å². The number of hydrogen-bond acceptors (Lipinski definition) is 5. The number of carbonyl (C=O) groups is 1. The zero-order valence-corrected chi connectivity index (χ0v) is 18.2. The molecule has 1 aromatic carbocycles. The highest BCUT2D eigenvalue weighted by Gasteiger charge is 2.22. The van der Waals surface area contributed by atoms with Crippen LogP contribution in [-0.4, -0.2) is 56.7 Å². The first kappa shape index (κ1) is 21.6. The zero-order valence-electron chi connectivity index (χ0n) is 18.2. The van der Waals surface area contributed by atoms with E-state index in [0.717, 1.165) is 35.4 Å². The molecular formula is C23H24F2N6O. The molecule has 0 unspecified atom stereocenters. The Bertz CT molecular complexity index is 1180. The predicted octanol–water partition coefficient (Wildman–Crippen LogP) is 3.23. The highest BCUT2D eigenvalue weighted by atomic mass is 19.1. The first-order valence-corrected chi connectivity index (χ1v) is 10.4. The molecule has 1 amide bonds. The van der Waals surface area contributed by atoms with Crippen molar-refractivity contribution in [3.8, 4) is 5.82 Å². The van der Waals surface area contributed by atoms with Crippen molar-refractivity contribution in [1.29, 1.82) is 0 Å². The fourth-order valence-electron chi connectivity index (χ4n) is 3.73. The van der Waals surface area contributed by atoms with Crippen LogP contribution in [0.15, 0.2) is 36.4 Å². The lowest BCUT2D eigenvalue weighted by Crippen LogP contribution is -2.48. The van der Waals surface area contributed by atoms with E-state index in [1.807, 2.05) is 32.9 Å². The smallest absolute Gasteiger partial charge is 0.246 e. The fourth-order valence-corrected chi connectivity index (χ4v) is 3.73. The van der Waals surface area contributed by atoms with Gasteiger partial charge in [-0.15, -0.1) is 0 Å². The summed E-state index contributed by atoms with van der Waals surface area (Å²) in [7, 11) is 0. The van der Waals surface area contributed by atoms with Crippen LogP contribution in [0.25, 0.3) is 11.9 Å². The Morgan fingerprint density at radius 2 is 1.69 bits per heavy atom. The molecule has 0 saturated carbocycles. The number of rotatable bonds is 4. The Morgan fingerprint density at radius 1 is 0.969 bits per heavy atom. The second-order valence-electron chi connectivity index (χ2n) is 7.78. The number of aromatic nitrogens is 4. The number of halogens is 2. The van der Waals surface area contributed by atoms with Gasteiger partial charge < -0.3 is 9.80 Å². The van der Waals surface area contributed by atoms with Gasteiger partial charge in [0.05, 0.1) is 5.69 Å². The lowest BCUT2D eigenvalue weighted by Gasteiger charge is -2.35. The van der Waals surface area contributed by atoms with Gasteiger partial charge in [0.2, 0.25) is 5.91 Å². The SMILES string of the molecule is Cc1cc(C)n(-c2cc(N3CCN(C(=O)/C=C/c4cc(F)ccc4F)CC3)nc(C)n2)n1. The van der Waals surface area contributed by atoms with Crippen molar-refractivity contribution in [2.24, 2.45) is 0 Å². The van der Waals surface area contributed by atoms with Gasteiger partial charge in [0, 0.05) is 49.6 Å². The highest BCUT2D eigenvalue weighted by Crippen LogP contribution is 2.19. The molecule has 1 fully saturated rings. The monoisotopic (exact) mass is 438 g/mol. The molecule has 9 heteroatoms. The Hall–Kier alpha value is -3.62. The second-order valence-corrected chi connectivity index (χ2v) is 7.78. The molecule has 32 heavy (non-hydrogen) atoms. The number of piperazine rings is 1. The third-order valence-electron chi connectivity index (χ3n) is 5.32. The van der Waals surface area contributed by atoms with E-state index in [2.05, 4.69) is 20.0 Å². The van der Waals surface area contributed by atoms with E-state index in [1.54, 1.807) is 9.58 Å². The molecule has 1 aliphatic rings. The Kier molecular flexibility index (Phi) is 5.98. The maximum atomic E-state index is 13.7. The van der Waals surface area contributed by atoms with Crippen LogP contribution in [-0.2, 0) is 4.79 Å². The van der Waals surface area contributed by atoms with E-state index in [-0.39, 0.29) is 11.5 Å². The Balaban J connectivity index is 1.43. The van der Waals surface area contributed by atoms with Crippen molar-refractivity contribution in [1.82, 2.24) is 24.6 Å². The average molecular weight is 438 g/mol. The fraction of sp³-hybridized carbons (Fsp3) is 0.304. The quantitative estimate of drug-likeness (QED) is 0.585. The van der Waals surface area contributed by atoms with Gasteiger partial charge in [0.25, 0.3) is 0 Å². The summed E-state index contributed by atoms with van der Waals surface area (Å²) < 4.78 is 28.8. The summed E-state index contributed by atoms with van der Waals surface area (Å²) in [6.45, 7) is 7.94. The largest absolute Gasteiger partial charge is 0.353 e. The molecule has 3 heterocycles. The van der Waals surface area contributed by atoms with E-state index < -0.39 is 11.6 Å². The maximum Gasteiger partial charge on any atom is 0.246 e. The van der Waals surface area contributed by atoms with E-state index >= 15 is 0 Å². The molecular weight excluding hydrogens is 414 g/mol. The van der Waals surface area contributed by atoms with Crippen LogP contribution in [0, 0.1) is 32.4 Å². The van der Waals surface area contributed by atoms with Crippen LogP contribution < -0.4 is 4.90 Å². The van der Waals surface area contributed by atoms with Gasteiger partial charge in [-0.1, -0.05) is 0 Å². The standard InChI is InChI=1S/C23H24F2N6O/c1-15-12-16(2)31(28-15)22-14-21(26-17(3)27-22)29-8-10-30(11-9-29)23(32)7-4-18-13-19(24)5-6-20(18)25/h4-7,12-14H,8-11H2,1-3H3/b7-4+. The topological polar surface area (TPSA) is 67.2 Å². The van der Waals surface area contributed by atoms with E-state index in [1.165, 1.54) is 12.2 Å². The number of aryl methyl sites for hydroxylation is 3. The van der Waals surface area contributed by atoms with Crippen molar-refractivity contribution in [2.75, 3.05) is 31.1 Å². The number of amides is 1. The van der Waals surface area contributed by atoms with Crippen LogP contribution >= 0.6 is 0 Å². The summed E-state index contributed by atoms with van der Waals surface area (Å²) in [5, 5.41) is 4.50. The summed E-state index contributed by atoms with van der Waals surface area (Å²) in [6, 6.07) is 7.04. The van der Waals surface area contributed by atoms with Crippen molar-refractivity contribution >= 4 is 17.8 Å². The third kappa shape index (κ3) is 4.66. The molecule has 2 aromatic heterocycles. The maximum absolute atomic E-state index is 13.7.